The molecule has 13 aliphatic rings. The van der Waals surface area contributed by atoms with Gasteiger partial charge >= 0.3 is 17.9 Å². The summed E-state index contributed by atoms with van der Waals surface area (Å²) in [4.78, 5) is 40.2. The zero-order valence-corrected chi connectivity index (χ0v) is 27.2. The van der Waals surface area contributed by atoms with Gasteiger partial charge in [-0.15, -0.1) is 0 Å². The fourth-order valence-corrected chi connectivity index (χ4v) is 14.6. The molecule has 12 bridgehead atoms. The second kappa shape index (κ2) is 9.94. The van der Waals surface area contributed by atoms with Gasteiger partial charge in [-0.2, -0.15) is 0 Å². The number of hydrogen-bond acceptors (Lipinski definition) is 9. The molecule has 1 aliphatic heterocycles. The van der Waals surface area contributed by atoms with E-state index in [9.17, 15) is 29.7 Å². The van der Waals surface area contributed by atoms with E-state index >= 15 is 0 Å². The first-order chi connectivity index (χ1) is 22.5. The van der Waals surface area contributed by atoms with E-state index in [0.29, 0.717) is 62.7 Å². The van der Waals surface area contributed by atoms with Crippen LogP contribution in [0.1, 0.15) is 96.3 Å². The third kappa shape index (κ3) is 4.19. The Balaban J connectivity index is 0.882. The van der Waals surface area contributed by atoms with Crippen molar-refractivity contribution in [1.82, 2.24) is 0 Å². The molecule has 0 aromatic rings. The number of esters is 2. The minimum absolute atomic E-state index is 0.00357. The number of rotatable bonds is 7. The Morgan fingerprint density at radius 3 is 1.34 bits per heavy atom. The zero-order valence-electron chi connectivity index (χ0n) is 27.2. The maximum absolute atomic E-state index is 13.9. The van der Waals surface area contributed by atoms with Crippen LogP contribution in [0, 0.1) is 69.5 Å². The zero-order chi connectivity index (χ0) is 32.1. The summed E-state index contributed by atoms with van der Waals surface area (Å²) in [5.74, 6) is -0.310. The Labute approximate surface area is 275 Å². The molecule has 0 radical (unpaired) electrons. The Morgan fingerprint density at radius 1 is 0.553 bits per heavy atom. The number of carbonyl (C=O) groups excluding carboxylic acids is 2. The van der Waals surface area contributed by atoms with Crippen LogP contribution in [-0.2, 0) is 33.3 Å². The van der Waals surface area contributed by atoms with Crippen LogP contribution in [0.5, 0.6) is 0 Å². The van der Waals surface area contributed by atoms with E-state index in [0.717, 1.165) is 51.4 Å². The van der Waals surface area contributed by atoms with Crippen molar-refractivity contribution in [2.45, 2.75) is 127 Å². The molecule has 13 fully saturated rings. The van der Waals surface area contributed by atoms with Gasteiger partial charge in [-0.25, -0.2) is 0 Å². The smallest absolute Gasteiger partial charge is 0.312 e. The van der Waals surface area contributed by atoms with Gasteiger partial charge in [-0.1, -0.05) is 0 Å². The third-order valence-corrected chi connectivity index (χ3v) is 15.9. The Hall–Kier alpha value is -1.75. The van der Waals surface area contributed by atoms with E-state index in [1.807, 2.05) is 0 Å². The number of carbonyl (C=O) groups is 3. The lowest BCUT2D eigenvalue weighted by molar-refractivity contribution is -0.312. The summed E-state index contributed by atoms with van der Waals surface area (Å²) in [6.45, 7) is 0.00715. The van der Waals surface area contributed by atoms with Crippen LogP contribution in [0.25, 0.3) is 0 Å². The van der Waals surface area contributed by atoms with Crippen molar-refractivity contribution in [2.24, 2.45) is 69.5 Å². The second-order valence-electron chi connectivity index (χ2n) is 18.6. The molecule has 258 valence electrons. The fraction of sp³-hybridized carbons (Fsp3) is 0.919. The Kier molecular flexibility index (Phi) is 6.37. The molecular formula is C37H50O10. The van der Waals surface area contributed by atoms with Crippen LogP contribution in [-0.4, -0.2) is 76.6 Å². The molecule has 1 saturated heterocycles. The van der Waals surface area contributed by atoms with Crippen molar-refractivity contribution in [3.63, 3.8) is 0 Å². The van der Waals surface area contributed by atoms with Crippen LogP contribution in [0.4, 0.5) is 0 Å². The van der Waals surface area contributed by atoms with Crippen LogP contribution < -0.4 is 0 Å². The van der Waals surface area contributed by atoms with Gasteiger partial charge < -0.3 is 34.3 Å². The van der Waals surface area contributed by atoms with E-state index in [1.165, 1.54) is 0 Å². The van der Waals surface area contributed by atoms with Gasteiger partial charge in [0.2, 0.25) is 0 Å². The van der Waals surface area contributed by atoms with Gasteiger partial charge in [0.05, 0.1) is 28.5 Å². The number of carboxylic acid groups (broad SMARTS) is 1. The molecule has 0 aromatic carbocycles. The predicted molar refractivity (Wildman–Crippen MR) is 162 cm³/mol. The van der Waals surface area contributed by atoms with Crippen LogP contribution in [0.15, 0.2) is 0 Å². The molecule has 3 N–H and O–H groups in total. The molecule has 10 heteroatoms. The molecule has 8 atom stereocenters. The molecule has 12 saturated carbocycles. The molecule has 8 unspecified atom stereocenters. The maximum Gasteiger partial charge on any atom is 0.312 e. The largest absolute Gasteiger partial charge is 0.481 e. The van der Waals surface area contributed by atoms with Crippen molar-refractivity contribution < 1.29 is 48.7 Å². The summed E-state index contributed by atoms with van der Waals surface area (Å²) in [5, 5.41) is 31.8. The number of aliphatic hydroxyl groups is 2. The van der Waals surface area contributed by atoms with Gasteiger partial charge in [-0.05, 0) is 138 Å². The second-order valence-corrected chi connectivity index (χ2v) is 18.6. The Morgan fingerprint density at radius 2 is 0.936 bits per heavy atom. The molecular weight excluding hydrogens is 604 g/mol. The summed E-state index contributed by atoms with van der Waals surface area (Å²) >= 11 is 0. The molecule has 13 rings (SSSR count). The van der Waals surface area contributed by atoms with Gasteiger partial charge in [0.25, 0.3) is 0 Å². The van der Waals surface area contributed by atoms with Crippen molar-refractivity contribution in [3.05, 3.63) is 0 Å². The lowest BCUT2D eigenvalue weighted by Crippen LogP contribution is -2.63. The molecule has 1 heterocycles. The molecule has 0 amide bonds. The highest BCUT2D eigenvalue weighted by atomic mass is 16.8. The van der Waals surface area contributed by atoms with Crippen LogP contribution in [0.2, 0.25) is 0 Å². The predicted octanol–water partition coefficient (Wildman–Crippen LogP) is 3.84. The first-order valence-electron chi connectivity index (χ1n) is 18.8. The van der Waals surface area contributed by atoms with Crippen molar-refractivity contribution >= 4 is 17.9 Å². The van der Waals surface area contributed by atoms with E-state index in [4.69, 9.17) is 18.9 Å². The van der Waals surface area contributed by atoms with E-state index < -0.39 is 40.2 Å². The van der Waals surface area contributed by atoms with Crippen molar-refractivity contribution in [3.8, 4) is 0 Å². The fourth-order valence-electron chi connectivity index (χ4n) is 14.6. The van der Waals surface area contributed by atoms with E-state index in [2.05, 4.69) is 0 Å². The van der Waals surface area contributed by atoms with Crippen LogP contribution >= 0.6 is 0 Å². The minimum Gasteiger partial charge on any atom is -0.481 e. The first kappa shape index (κ1) is 30.1. The average molecular weight is 655 g/mol. The Bertz CT molecular complexity index is 1250. The molecule has 0 aromatic heterocycles. The maximum atomic E-state index is 13.9. The average Bonchev–Trinajstić information content (AvgIpc) is 3.40. The normalized spacial score (nSPS) is 57.2. The summed E-state index contributed by atoms with van der Waals surface area (Å²) < 4.78 is 26.1. The number of aliphatic carboxylic acids is 1. The highest BCUT2D eigenvalue weighted by Gasteiger charge is 2.70. The first-order valence-corrected chi connectivity index (χ1v) is 18.8. The van der Waals surface area contributed by atoms with Crippen molar-refractivity contribution in [2.75, 3.05) is 13.2 Å². The molecule has 1 spiro atoms. The van der Waals surface area contributed by atoms with E-state index in [-0.39, 0.29) is 72.9 Å². The number of ether oxygens (including phenoxy) is 4. The molecule has 12 aliphatic carbocycles. The summed E-state index contributed by atoms with van der Waals surface area (Å²) in [6, 6.07) is 0. The monoisotopic (exact) mass is 654 g/mol. The van der Waals surface area contributed by atoms with Gasteiger partial charge in [0.1, 0.15) is 25.4 Å². The van der Waals surface area contributed by atoms with E-state index in [1.54, 1.807) is 0 Å². The third-order valence-electron chi connectivity index (χ3n) is 15.9. The topological polar surface area (TPSA) is 149 Å². The standard InChI is InChI=1S/C37H50O10/c38-29-21-1-18-2-22(29)11-35(8-18,10-21)32(42)44-16-27-28(17-45-33(43)36-9-19-3-23(12-36)30(39)24(4-19)13-36)47-37(46-27)25-5-20-6-26(37)15-34(7-20,14-25)31(40)41/h18-30,38-39H,1-17H2,(H,40,41). The number of carboxylic acids is 1. The lowest BCUT2D eigenvalue weighted by atomic mass is 9.47. The van der Waals surface area contributed by atoms with Crippen LogP contribution in [0.3, 0.4) is 0 Å². The SMILES string of the molecule is O=C(O)C12CC3CC(C1)C1(OC(COC(=O)C45CC6CC(C4)C(O)C(C6)C5)C(COC(=O)C45CC6CC(C4)C(O)C(C6)C5)O1)C(C3)C2. The quantitative estimate of drug-likeness (QED) is 0.346. The molecule has 47 heavy (non-hydrogen) atoms. The van der Waals surface area contributed by atoms with Crippen molar-refractivity contribution in [1.29, 1.82) is 0 Å². The van der Waals surface area contributed by atoms with Gasteiger partial charge in [0.15, 0.2) is 5.79 Å². The summed E-state index contributed by atoms with van der Waals surface area (Å²) in [6.07, 6.45) is 9.89. The highest BCUT2D eigenvalue weighted by Crippen LogP contribution is 2.67. The molecule has 10 nitrogen and oxygen atoms in total. The lowest BCUT2D eigenvalue weighted by Gasteiger charge is -2.61. The minimum atomic E-state index is -0.959. The van der Waals surface area contributed by atoms with Gasteiger partial charge in [-0.3, -0.25) is 14.4 Å². The van der Waals surface area contributed by atoms with Gasteiger partial charge in [0, 0.05) is 11.8 Å². The summed E-state index contributed by atoms with van der Waals surface area (Å²) in [7, 11) is 0. The highest BCUT2D eigenvalue weighted by molar-refractivity contribution is 5.78. The number of hydrogen-bond donors (Lipinski definition) is 3. The summed E-state index contributed by atoms with van der Waals surface area (Å²) in [5.41, 5.74) is -1.82. The number of aliphatic hydroxyl groups excluding tert-OH is 2.